The molecule has 0 amide bonds. The zero-order chi connectivity index (χ0) is 22.0. The lowest BCUT2D eigenvalue weighted by molar-refractivity contribution is -0.143. The molecule has 0 unspecified atom stereocenters. The summed E-state index contributed by atoms with van der Waals surface area (Å²) < 4.78 is 41.1. The average Bonchev–Trinajstić information content (AvgIpc) is 2.63. The van der Waals surface area contributed by atoms with Crippen molar-refractivity contribution >= 4 is 5.97 Å². The molecule has 0 aromatic rings. The third-order valence-electron chi connectivity index (χ3n) is 3.01. The van der Waals surface area contributed by atoms with Crippen LogP contribution in [0.4, 0.5) is 0 Å². The third-order valence-corrected chi connectivity index (χ3v) is 3.01. The van der Waals surface area contributed by atoms with E-state index in [1.807, 2.05) is 19.1 Å². The predicted molar refractivity (Wildman–Crippen MR) is 105 cm³/mol. The van der Waals surface area contributed by atoms with Gasteiger partial charge in [-0.15, -0.1) is 0 Å². The van der Waals surface area contributed by atoms with Gasteiger partial charge in [0, 0.05) is 13.3 Å². The van der Waals surface area contributed by atoms with Crippen molar-refractivity contribution in [1.82, 2.24) is 0 Å². The van der Waals surface area contributed by atoms with Gasteiger partial charge >= 0.3 is 5.97 Å². The number of esters is 1. The highest BCUT2D eigenvalue weighted by atomic mass is 16.5. The molecule has 0 aliphatic rings. The summed E-state index contributed by atoms with van der Waals surface area (Å²) in [6.07, 6.45) is 21.9. The smallest absolute Gasteiger partial charge is 0.305 e. The van der Waals surface area contributed by atoms with E-state index in [1.165, 1.54) is 0 Å². The minimum absolute atomic E-state index is 0.130. The second kappa shape index (κ2) is 19.2. The van der Waals surface area contributed by atoms with E-state index in [9.17, 15) is 4.79 Å². The Balaban J connectivity index is 3.75. The van der Waals surface area contributed by atoms with E-state index in [0.717, 1.165) is 38.2 Å². The summed E-state index contributed by atoms with van der Waals surface area (Å²) >= 11 is 0. The maximum atomic E-state index is 11.2. The fraction of sp³-hybridized carbons (Fsp3) is 0.500. The Morgan fingerprint density at radius 3 is 1.88 bits per heavy atom. The van der Waals surface area contributed by atoms with Crippen LogP contribution in [0, 0.1) is 0 Å². The van der Waals surface area contributed by atoms with Crippen LogP contribution in [0.3, 0.4) is 0 Å². The molecule has 0 bridgehead atoms. The van der Waals surface area contributed by atoms with Crippen molar-refractivity contribution in [2.75, 3.05) is 6.61 Å². The summed E-state index contributed by atoms with van der Waals surface area (Å²) in [7, 11) is 0. The normalized spacial score (nSPS) is 16.8. The molecule has 0 aromatic carbocycles. The molecule has 24 heavy (non-hydrogen) atoms. The lowest BCUT2D eigenvalue weighted by Gasteiger charge is -1.98. The molecule has 0 heterocycles. The molecule has 0 atom stereocenters. The van der Waals surface area contributed by atoms with Gasteiger partial charge in [0.2, 0.25) is 0 Å². The quantitative estimate of drug-likeness (QED) is 0.206. The number of hydrogen-bond donors (Lipinski definition) is 0. The van der Waals surface area contributed by atoms with Gasteiger partial charge in [-0.05, 0) is 51.8 Å². The summed E-state index contributed by atoms with van der Waals surface area (Å²) in [5.41, 5.74) is 0. The Bertz CT molecular complexity index is 585. The zero-order valence-electron chi connectivity index (χ0n) is 19.7. The Labute approximate surface area is 155 Å². The van der Waals surface area contributed by atoms with E-state index in [0.29, 0.717) is 19.4 Å². The van der Waals surface area contributed by atoms with E-state index >= 15 is 0 Å². The molecule has 0 saturated carbocycles. The van der Waals surface area contributed by atoms with Crippen LogP contribution in [0.15, 0.2) is 60.8 Å². The Morgan fingerprint density at radius 1 is 0.875 bits per heavy atom. The number of allylic oxidation sites excluding steroid dienone is 10. The number of carbonyl (C=O) groups excluding carboxylic acids is 1. The lowest BCUT2D eigenvalue weighted by atomic mass is 10.2. The van der Waals surface area contributed by atoms with Gasteiger partial charge in [0.15, 0.2) is 0 Å². The summed E-state index contributed by atoms with van der Waals surface area (Å²) in [5.74, 6) is -0.130. The average molecular weight is 336 g/mol. The molecule has 134 valence electrons. The van der Waals surface area contributed by atoms with Gasteiger partial charge in [0.1, 0.15) is 0 Å². The molecule has 0 rings (SSSR count). The predicted octanol–water partition coefficient (Wildman–Crippen LogP) is 6.47. The van der Waals surface area contributed by atoms with Crippen molar-refractivity contribution in [3.63, 3.8) is 0 Å². The highest BCUT2D eigenvalue weighted by molar-refractivity contribution is 5.69. The van der Waals surface area contributed by atoms with Crippen molar-refractivity contribution in [1.29, 1.82) is 0 Å². The van der Waals surface area contributed by atoms with Gasteiger partial charge in [-0.2, -0.15) is 0 Å². The van der Waals surface area contributed by atoms with Gasteiger partial charge in [-0.3, -0.25) is 4.79 Å². The molecular formula is C22H34O2. The van der Waals surface area contributed by atoms with Gasteiger partial charge in [0.05, 0.1) is 6.61 Å². The van der Waals surface area contributed by atoms with Crippen molar-refractivity contribution in [3.05, 3.63) is 60.8 Å². The van der Waals surface area contributed by atoms with Gasteiger partial charge in [-0.1, -0.05) is 67.6 Å². The zero-order valence-corrected chi connectivity index (χ0v) is 14.7. The minimum atomic E-state index is -2.64. The largest absolute Gasteiger partial charge is 0.466 e. The molecule has 0 spiro atoms. The molecule has 2 nitrogen and oxygen atoms in total. The maximum Gasteiger partial charge on any atom is 0.305 e. The van der Waals surface area contributed by atoms with Gasteiger partial charge < -0.3 is 4.74 Å². The lowest BCUT2D eigenvalue weighted by Crippen LogP contribution is -2.02. The van der Waals surface area contributed by atoms with Crippen molar-refractivity contribution in [2.24, 2.45) is 0 Å². The van der Waals surface area contributed by atoms with Crippen LogP contribution < -0.4 is 0 Å². The summed E-state index contributed by atoms with van der Waals surface area (Å²) in [4.78, 5) is 11.2. The monoisotopic (exact) mass is 335 g/mol. The first-order chi connectivity index (χ1) is 13.7. The Kier molecular flexibility index (Phi) is 11.6. The van der Waals surface area contributed by atoms with E-state index in [-0.39, 0.29) is 5.97 Å². The fourth-order valence-corrected chi connectivity index (χ4v) is 1.83. The molecule has 0 aromatic heterocycles. The number of unbranched alkanes of at least 4 members (excludes halogenated alkanes) is 1. The molecule has 0 aliphatic heterocycles. The molecule has 2 heteroatoms. The first-order valence-corrected chi connectivity index (χ1v) is 8.64. The van der Waals surface area contributed by atoms with Crippen LogP contribution in [0.1, 0.15) is 71.9 Å². The van der Waals surface area contributed by atoms with Crippen LogP contribution >= 0.6 is 0 Å². The van der Waals surface area contributed by atoms with Crippen LogP contribution in [0.5, 0.6) is 0 Å². The second-order valence-corrected chi connectivity index (χ2v) is 5.07. The highest BCUT2D eigenvalue weighted by Crippen LogP contribution is 2.00. The molecular weight excluding hydrogens is 296 g/mol. The van der Waals surface area contributed by atoms with Crippen LogP contribution in [-0.2, 0) is 9.53 Å². The van der Waals surface area contributed by atoms with Gasteiger partial charge in [0.25, 0.3) is 0 Å². The maximum absolute atomic E-state index is 11.2. The van der Waals surface area contributed by atoms with Crippen LogP contribution in [0.25, 0.3) is 0 Å². The third kappa shape index (κ3) is 18.2. The number of carbonyl (C=O) groups is 1. The second-order valence-electron chi connectivity index (χ2n) is 5.07. The fourth-order valence-electron chi connectivity index (χ4n) is 1.83. The SMILES string of the molecule is [2H]C([2H])([2H])C([2H])([2H])/C=C\C/C=C\C/C=C\C/C=C\C/C=C\CCCC(=O)OCC. The van der Waals surface area contributed by atoms with E-state index in [4.69, 9.17) is 11.6 Å². The molecule has 0 N–H and O–H groups in total. The molecule has 0 saturated heterocycles. The highest BCUT2D eigenvalue weighted by Gasteiger charge is 1.98. The summed E-state index contributed by atoms with van der Waals surface area (Å²) in [6, 6.07) is 0. The molecule has 0 fully saturated rings. The van der Waals surface area contributed by atoms with Crippen LogP contribution in [0.2, 0.25) is 0 Å². The van der Waals surface area contributed by atoms with E-state index < -0.39 is 13.2 Å². The van der Waals surface area contributed by atoms with Crippen LogP contribution in [-0.4, -0.2) is 12.6 Å². The topological polar surface area (TPSA) is 26.3 Å². The number of hydrogen-bond acceptors (Lipinski definition) is 2. The number of ether oxygens (including phenoxy) is 1. The Morgan fingerprint density at radius 2 is 1.38 bits per heavy atom. The van der Waals surface area contributed by atoms with Crippen molar-refractivity contribution in [3.8, 4) is 0 Å². The van der Waals surface area contributed by atoms with Crippen molar-refractivity contribution in [2.45, 2.75) is 65.1 Å². The molecule has 0 radical (unpaired) electrons. The van der Waals surface area contributed by atoms with Gasteiger partial charge in [-0.25, -0.2) is 0 Å². The van der Waals surface area contributed by atoms with E-state index in [2.05, 4.69) is 36.5 Å². The first-order valence-electron chi connectivity index (χ1n) is 11.1. The number of rotatable bonds is 14. The molecule has 0 aliphatic carbocycles. The Hall–Kier alpha value is -1.83. The van der Waals surface area contributed by atoms with E-state index in [1.54, 1.807) is 6.08 Å². The first kappa shape index (κ1) is 14.5. The minimum Gasteiger partial charge on any atom is -0.466 e. The van der Waals surface area contributed by atoms with Crippen molar-refractivity contribution < 1.29 is 16.4 Å². The summed E-state index contributed by atoms with van der Waals surface area (Å²) in [6.45, 7) is -0.384. The standard InChI is InChI=1S/C22H34O2/c1-3-5-6-7-8-9-10-11-12-13-14-15-16-17-18-19-20-21-22(23)24-4-2/h5-6,8-9,11-12,14-15,17-18H,3-4,7,10,13,16,19-21H2,1-2H3/b6-5-,9-8-,12-11-,15-14-,18-17-/i1D3,3D2. The summed E-state index contributed by atoms with van der Waals surface area (Å²) in [5, 5.41) is 0.